The molecule has 2 rings (SSSR count). The van der Waals surface area contributed by atoms with Crippen molar-refractivity contribution in [3.05, 3.63) is 40.0 Å². The third-order valence-corrected chi connectivity index (χ3v) is 3.35. The number of hydrogen-bond acceptors (Lipinski definition) is 4. The number of rotatable bonds is 2. The molecular weight excluding hydrogens is 279 g/mol. The van der Waals surface area contributed by atoms with E-state index >= 15 is 0 Å². The molecule has 0 aromatic carbocycles. The highest BCUT2D eigenvalue weighted by Gasteiger charge is 2.36. The van der Waals surface area contributed by atoms with E-state index in [1.165, 1.54) is 13.1 Å². The van der Waals surface area contributed by atoms with E-state index in [1.54, 1.807) is 18.2 Å². The van der Waals surface area contributed by atoms with Gasteiger partial charge in [-0.3, -0.25) is 4.79 Å². The number of thiazole rings is 1. The SMILES string of the molecule is Cc1nc(C(F)(F)F)sc1C(=O)Nc1ccccn1. The summed E-state index contributed by atoms with van der Waals surface area (Å²) in [7, 11) is 0. The van der Waals surface area contributed by atoms with E-state index in [0.717, 1.165) is 0 Å². The maximum Gasteiger partial charge on any atom is 0.443 e. The predicted molar refractivity (Wildman–Crippen MR) is 64.0 cm³/mol. The van der Waals surface area contributed by atoms with Gasteiger partial charge in [-0.2, -0.15) is 13.2 Å². The molecule has 8 heteroatoms. The second-order valence-corrected chi connectivity index (χ2v) is 4.60. The van der Waals surface area contributed by atoms with Gasteiger partial charge in [0.15, 0.2) is 5.01 Å². The first-order valence-electron chi connectivity index (χ1n) is 5.15. The molecule has 0 spiro atoms. The van der Waals surface area contributed by atoms with Crippen LogP contribution >= 0.6 is 11.3 Å². The normalized spacial score (nSPS) is 11.4. The standard InChI is InChI=1S/C11H8F3N3OS/c1-6-8(19-10(16-6)11(12,13)14)9(18)17-7-4-2-3-5-15-7/h2-5H,1H3,(H,15,17,18). The lowest BCUT2D eigenvalue weighted by molar-refractivity contribution is -0.137. The number of halogens is 3. The Kier molecular flexibility index (Phi) is 3.52. The number of carbonyl (C=O) groups excluding carboxylic acids is 1. The number of carbonyl (C=O) groups is 1. The van der Waals surface area contributed by atoms with E-state index in [2.05, 4.69) is 15.3 Å². The molecule has 2 heterocycles. The van der Waals surface area contributed by atoms with Crippen molar-refractivity contribution in [3.63, 3.8) is 0 Å². The summed E-state index contributed by atoms with van der Waals surface area (Å²) in [5.74, 6) is -0.377. The summed E-state index contributed by atoms with van der Waals surface area (Å²) in [5, 5.41) is 1.39. The Morgan fingerprint density at radius 2 is 2.11 bits per heavy atom. The number of anilines is 1. The van der Waals surface area contributed by atoms with Crippen LogP contribution in [-0.4, -0.2) is 15.9 Å². The largest absolute Gasteiger partial charge is 0.443 e. The summed E-state index contributed by atoms with van der Waals surface area (Å²) < 4.78 is 37.4. The second-order valence-electron chi connectivity index (χ2n) is 3.60. The molecule has 0 atom stereocenters. The number of nitrogens with one attached hydrogen (secondary N) is 1. The Bertz CT molecular complexity index is 595. The molecule has 1 amide bonds. The maximum atomic E-state index is 12.5. The lowest BCUT2D eigenvalue weighted by Gasteiger charge is -2.02. The van der Waals surface area contributed by atoms with E-state index in [9.17, 15) is 18.0 Å². The van der Waals surface area contributed by atoms with Crippen LogP contribution in [0.15, 0.2) is 24.4 Å². The molecule has 0 aliphatic carbocycles. The third-order valence-electron chi connectivity index (χ3n) is 2.15. The summed E-state index contributed by atoms with van der Waals surface area (Å²) >= 11 is 0.318. The Morgan fingerprint density at radius 3 is 2.63 bits per heavy atom. The smallest absolute Gasteiger partial charge is 0.306 e. The summed E-state index contributed by atoms with van der Waals surface area (Å²) in [6, 6.07) is 4.86. The van der Waals surface area contributed by atoms with Gasteiger partial charge in [-0.15, -0.1) is 11.3 Å². The number of aryl methyl sites for hydroxylation is 1. The minimum Gasteiger partial charge on any atom is -0.306 e. The zero-order chi connectivity index (χ0) is 14.0. The van der Waals surface area contributed by atoms with Gasteiger partial charge in [-0.25, -0.2) is 9.97 Å². The van der Waals surface area contributed by atoms with Crippen LogP contribution in [0, 0.1) is 6.92 Å². The zero-order valence-corrected chi connectivity index (χ0v) is 10.5. The summed E-state index contributed by atoms with van der Waals surface area (Å²) in [6.07, 6.45) is -3.07. The molecule has 0 saturated heterocycles. The maximum absolute atomic E-state index is 12.5. The first-order chi connectivity index (χ1) is 8.88. The minimum absolute atomic E-state index is 0.0470. The Labute approximate surface area is 110 Å². The molecule has 0 aliphatic rings. The molecule has 0 bridgehead atoms. The lowest BCUT2D eigenvalue weighted by atomic mass is 10.3. The average molecular weight is 287 g/mol. The van der Waals surface area contributed by atoms with E-state index < -0.39 is 17.1 Å². The van der Waals surface area contributed by atoms with Crippen molar-refractivity contribution >= 4 is 23.1 Å². The predicted octanol–water partition coefficient (Wildman–Crippen LogP) is 3.12. The fourth-order valence-electron chi connectivity index (χ4n) is 1.34. The molecule has 0 saturated carbocycles. The van der Waals surface area contributed by atoms with Gasteiger partial charge in [-0.1, -0.05) is 6.07 Å². The van der Waals surface area contributed by atoms with Crippen LogP contribution in [-0.2, 0) is 6.18 Å². The van der Waals surface area contributed by atoms with Gasteiger partial charge in [0.05, 0.1) is 5.69 Å². The zero-order valence-electron chi connectivity index (χ0n) is 9.65. The van der Waals surface area contributed by atoms with Crippen LogP contribution < -0.4 is 5.32 Å². The van der Waals surface area contributed by atoms with Crippen LogP contribution in [0.25, 0.3) is 0 Å². The van der Waals surface area contributed by atoms with Crippen molar-refractivity contribution in [2.24, 2.45) is 0 Å². The summed E-state index contributed by atoms with van der Waals surface area (Å²) in [5.41, 5.74) is 0.0470. The van der Waals surface area contributed by atoms with E-state index in [4.69, 9.17) is 0 Å². The number of amides is 1. The molecular formula is C11H8F3N3OS. The summed E-state index contributed by atoms with van der Waals surface area (Å²) in [6.45, 7) is 1.36. The van der Waals surface area contributed by atoms with E-state index in [-0.39, 0.29) is 16.4 Å². The van der Waals surface area contributed by atoms with Gasteiger partial charge in [0, 0.05) is 6.20 Å². The first-order valence-corrected chi connectivity index (χ1v) is 5.96. The molecule has 4 nitrogen and oxygen atoms in total. The van der Waals surface area contributed by atoms with Crippen LogP contribution in [0.2, 0.25) is 0 Å². The van der Waals surface area contributed by atoms with Crippen molar-refractivity contribution in [3.8, 4) is 0 Å². The van der Waals surface area contributed by atoms with Gasteiger partial charge in [0.25, 0.3) is 5.91 Å². The van der Waals surface area contributed by atoms with Gasteiger partial charge in [0.2, 0.25) is 0 Å². The van der Waals surface area contributed by atoms with Crippen molar-refractivity contribution in [1.29, 1.82) is 0 Å². The molecule has 0 unspecified atom stereocenters. The van der Waals surface area contributed by atoms with E-state index in [1.807, 2.05) is 0 Å². The van der Waals surface area contributed by atoms with Crippen LogP contribution in [0.5, 0.6) is 0 Å². The molecule has 0 aliphatic heterocycles. The number of aromatic nitrogens is 2. The molecule has 0 fully saturated rings. The van der Waals surface area contributed by atoms with Crippen LogP contribution in [0.3, 0.4) is 0 Å². The Hall–Kier alpha value is -1.96. The highest BCUT2D eigenvalue weighted by molar-refractivity contribution is 7.14. The Morgan fingerprint density at radius 1 is 1.37 bits per heavy atom. The number of hydrogen-bond donors (Lipinski definition) is 1. The molecule has 0 radical (unpaired) electrons. The average Bonchev–Trinajstić information content (AvgIpc) is 2.72. The number of alkyl halides is 3. The molecule has 2 aromatic rings. The van der Waals surface area contributed by atoms with Crippen LogP contribution in [0.4, 0.5) is 19.0 Å². The highest BCUT2D eigenvalue weighted by atomic mass is 32.1. The number of pyridine rings is 1. The van der Waals surface area contributed by atoms with Gasteiger partial charge in [-0.05, 0) is 19.1 Å². The summed E-state index contributed by atoms with van der Waals surface area (Å²) in [4.78, 5) is 19.0. The number of nitrogens with zero attached hydrogens (tertiary/aromatic N) is 2. The Balaban J connectivity index is 2.23. The third kappa shape index (κ3) is 3.08. The minimum atomic E-state index is -4.54. The van der Waals surface area contributed by atoms with Crippen molar-refractivity contribution < 1.29 is 18.0 Å². The molecule has 19 heavy (non-hydrogen) atoms. The topological polar surface area (TPSA) is 54.9 Å². The molecule has 1 N–H and O–H groups in total. The fraction of sp³-hybridized carbons (Fsp3) is 0.182. The molecule has 100 valence electrons. The van der Waals surface area contributed by atoms with Crippen molar-refractivity contribution in [1.82, 2.24) is 9.97 Å². The highest BCUT2D eigenvalue weighted by Crippen LogP contribution is 2.34. The quantitative estimate of drug-likeness (QED) is 0.923. The molecule has 2 aromatic heterocycles. The monoisotopic (exact) mass is 287 g/mol. The second kappa shape index (κ2) is 4.96. The fourth-order valence-corrected chi connectivity index (χ4v) is 2.17. The van der Waals surface area contributed by atoms with Crippen molar-refractivity contribution in [2.45, 2.75) is 13.1 Å². The van der Waals surface area contributed by atoms with E-state index in [0.29, 0.717) is 11.3 Å². The van der Waals surface area contributed by atoms with Gasteiger partial charge < -0.3 is 5.32 Å². The first kappa shape index (κ1) is 13.5. The van der Waals surface area contributed by atoms with Gasteiger partial charge >= 0.3 is 6.18 Å². The van der Waals surface area contributed by atoms with Crippen LogP contribution in [0.1, 0.15) is 20.4 Å². The van der Waals surface area contributed by atoms with Crippen molar-refractivity contribution in [2.75, 3.05) is 5.32 Å². The van der Waals surface area contributed by atoms with Gasteiger partial charge in [0.1, 0.15) is 10.7 Å². The lowest BCUT2D eigenvalue weighted by Crippen LogP contribution is -2.12.